The van der Waals surface area contributed by atoms with Crippen LogP contribution >= 0.6 is 0 Å². The fourth-order valence-corrected chi connectivity index (χ4v) is 1.31. The molecule has 14 heavy (non-hydrogen) atoms. The molecule has 2 aromatic rings. The molecule has 0 bridgehead atoms. The second-order valence-corrected chi connectivity index (χ2v) is 2.90. The van der Waals surface area contributed by atoms with E-state index in [4.69, 9.17) is 10.2 Å². The van der Waals surface area contributed by atoms with E-state index in [1.807, 2.05) is 0 Å². The van der Waals surface area contributed by atoms with Gasteiger partial charge < -0.3 is 14.9 Å². The first-order chi connectivity index (χ1) is 6.72. The molecule has 0 radical (unpaired) electrons. The maximum Gasteiger partial charge on any atom is 0.374 e. The molecule has 1 heterocycles. The van der Waals surface area contributed by atoms with Gasteiger partial charge in [0.05, 0.1) is 13.4 Å². The maximum atomic E-state index is 11.2. The van der Waals surface area contributed by atoms with Crippen LogP contribution in [0.4, 0.5) is 5.69 Å². The number of methoxy groups -OCH3 is 1. The first-order valence-electron chi connectivity index (χ1n) is 4.07. The number of fused-ring (bicyclic) bond motifs is 1. The van der Waals surface area contributed by atoms with Crippen LogP contribution in [-0.4, -0.2) is 13.1 Å². The molecule has 0 amide bonds. The minimum atomic E-state index is -0.495. The van der Waals surface area contributed by atoms with E-state index in [-0.39, 0.29) is 5.76 Å². The maximum absolute atomic E-state index is 11.2. The van der Waals surface area contributed by atoms with E-state index < -0.39 is 5.97 Å². The van der Waals surface area contributed by atoms with Gasteiger partial charge in [-0.2, -0.15) is 0 Å². The number of rotatable bonds is 1. The first kappa shape index (κ1) is 8.62. The van der Waals surface area contributed by atoms with E-state index in [1.165, 1.54) is 13.4 Å². The quantitative estimate of drug-likeness (QED) is 0.551. The molecule has 0 spiro atoms. The van der Waals surface area contributed by atoms with Gasteiger partial charge in [0.15, 0.2) is 0 Å². The number of carbonyl (C=O) groups excluding carboxylic acids is 1. The number of carbonyl (C=O) groups is 1. The van der Waals surface area contributed by atoms with E-state index in [9.17, 15) is 4.79 Å². The van der Waals surface area contributed by atoms with Gasteiger partial charge in [-0.25, -0.2) is 4.79 Å². The molecule has 1 aromatic carbocycles. The lowest BCUT2D eigenvalue weighted by Crippen LogP contribution is -1.99. The van der Waals surface area contributed by atoms with Gasteiger partial charge in [-0.15, -0.1) is 0 Å². The molecule has 4 heteroatoms. The number of furan rings is 1. The largest absolute Gasteiger partial charge is 0.463 e. The van der Waals surface area contributed by atoms with Crippen LogP contribution in [0.5, 0.6) is 0 Å². The predicted molar refractivity (Wildman–Crippen MR) is 52.0 cm³/mol. The number of nitrogen functional groups attached to an aromatic ring is 1. The monoisotopic (exact) mass is 191 g/mol. The van der Waals surface area contributed by atoms with Crippen LogP contribution in [-0.2, 0) is 4.74 Å². The van der Waals surface area contributed by atoms with Crippen molar-refractivity contribution in [3.05, 3.63) is 30.2 Å². The van der Waals surface area contributed by atoms with Crippen molar-refractivity contribution in [3.63, 3.8) is 0 Å². The SMILES string of the molecule is COC(=O)c1occ2ccc(N)cc12. The average molecular weight is 191 g/mol. The van der Waals surface area contributed by atoms with Crippen molar-refractivity contribution in [2.24, 2.45) is 0 Å². The molecule has 4 nitrogen and oxygen atoms in total. The second kappa shape index (κ2) is 3.06. The van der Waals surface area contributed by atoms with Gasteiger partial charge in [0.25, 0.3) is 0 Å². The molecule has 0 aliphatic carbocycles. The van der Waals surface area contributed by atoms with Crippen molar-refractivity contribution in [1.82, 2.24) is 0 Å². The lowest BCUT2D eigenvalue weighted by Gasteiger charge is -1.96. The minimum absolute atomic E-state index is 0.190. The van der Waals surface area contributed by atoms with Gasteiger partial charge in [0.2, 0.25) is 5.76 Å². The first-order valence-corrected chi connectivity index (χ1v) is 4.07. The Bertz CT molecular complexity index is 487. The van der Waals surface area contributed by atoms with Gasteiger partial charge in [0.1, 0.15) is 0 Å². The number of esters is 1. The molecular formula is C10H9NO3. The van der Waals surface area contributed by atoms with Crippen molar-refractivity contribution in [1.29, 1.82) is 0 Å². The van der Waals surface area contributed by atoms with Crippen molar-refractivity contribution in [2.75, 3.05) is 12.8 Å². The second-order valence-electron chi connectivity index (χ2n) is 2.90. The summed E-state index contributed by atoms with van der Waals surface area (Å²) in [6, 6.07) is 5.23. The third kappa shape index (κ3) is 1.21. The highest BCUT2D eigenvalue weighted by atomic mass is 16.5. The Morgan fingerprint density at radius 3 is 3.00 bits per heavy atom. The number of hydrogen-bond donors (Lipinski definition) is 1. The van der Waals surface area contributed by atoms with Crippen LogP contribution in [0.3, 0.4) is 0 Å². The summed E-state index contributed by atoms with van der Waals surface area (Å²) in [6.45, 7) is 0. The van der Waals surface area contributed by atoms with Gasteiger partial charge in [-0.1, -0.05) is 0 Å². The van der Waals surface area contributed by atoms with Crippen LogP contribution in [0.25, 0.3) is 10.8 Å². The molecule has 1 aromatic heterocycles. The summed E-state index contributed by atoms with van der Waals surface area (Å²) in [6.07, 6.45) is 1.50. The summed E-state index contributed by atoms with van der Waals surface area (Å²) in [5.74, 6) is -0.305. The fourth-order valence-electron chi connectivity index (χ4n) is 1.31. The van der Waals surface area contributed by atoms with Crippen molar-refractivity contribution >= 4 is 22.4 Å². The van der Waals surface area contributed by atoms with E-state index in [1.54, 1.807) is 18.2 Å². The number of ether oxygens (including phenoxy) is 1. The van der Waals surface area contributed by atoms with E-state index >= 15 is 0 Å². The highest BCUT2D eigenvalue weighted by Gasteiger charge is 2.14. The van der Waals surface area contributed by atoms with Gasteiger partial charge in [-0.05, 0) is 18.2 Å². The lowest BCUT2D eigenvalue weighted by molar-refractivity contribution is 0.0568. The minimum Gasteiger partial charge on any atom is -0.463 e. The van der Waals surface area contributed by atoms with Crippen LogP contribution in [0.2, 0.25) is 0 Å². The summed E-state index contributed by atoms with van der Waals surface area (Å²) in [4.78, 5) is 11.2. The Morgan fingerprint density at radius 2 is 2.29 bits per heavy atom. The van der Waals surface area contributed by atoms with Crippen LogP contribution < -0.4 is 5.73 Å². The summed E-state index contributed by atoms with van der Waals surface area (Å²) >= 11 is 0. The molecule has 0 aliphatic heterocycles. The standard InChI is InChI=1S/C10H9NO3/c1-13-10(12)9-8-4-7(11)3-2-6(8)5-14-9/h2-5H,11H2,1H3. The molecule has 0 aliphatic rings. The van der Waals surface area contributed by atoms with Gasteiger partial charge in [0, 0.05) is 16.5 Å². The Morgan fingerprint density at radius 1 is 1.50 bits per heavy atom. The summed E-state index contributed by atoms with van der Waals surface area (Å²) in [7, 11) is 1.31. The summed E-state index contributed by atoms with van der Waals surface area (Å²) in [5, 5.41) is 1.51. The molecule has 0 saturated carbocycles. The Kier molecular flexibility index (Phi) is 1.89. The van der Waals surface area contributed by atoms with E-state index in [2.05, 4.69) is 4.74 Å². The summed E-state index contributed by atoms with van der Waals surface area (Å²) < 4.78 is 9.66. The fraction of sp³-hybridized carbons (Fsp3) is 0.100. The molecule has 72 valence electrons. The number of anilines is 1. The molecular weight excluding hydrogens is 182 g/mol. The molecule has 0 fully saturated rings. The molecule has 2 N–H and O–H groups in total. The van der Waals surface area contributed by atoms with Crippen LogP contribution in [0, 0.1) is 0 Å². The topological polar surface area (TPSA) is 65.5 Å². The Labute approximate surface area is 80.3 Å². The lowest BCUT2D eigenvalue weighted by atomic mass is 10.1. The normalized spacial score (nSPS) is 10.4. The predicted octanol–water partition coefficient (Wildman–Crippen LogP) is 1.80. The highest BCUT2D eigenvalue weighted by molar-refractivity contribution is 6.03. The third-order valence-electron chi connectivity index (χ3n) is 2.00. The molecule has 0 unspecified atom stereocenters. The number of nitrogens with two attached hydrogens (primary N) is 1. The zero-order valence-electron chi connectivity index (χ0n) is 7.61. The van der Waals surface area contributed by atoms with Crippen LogP contribution in [0.1, 0.15) is 10.6 Å². The zero-order chi connectivity index (χ0) is 10.1. The van der Waals surface area contributed by atoms with E-state index in [0.29, 0.717) is 11.1 Å². The highest BCUT2D eigenvalue weighted by Crippen LogP contribution is 2.23. The third-order valence-corrected chi connectivity index (χ3v) is 2.00. The number of hydrogen-bond acceptors (Lipinski definition) is 4. The Hall–Kier alpha value is -1.97. The van der Waals surface area contributed by atoms with Gasteiger partial charge >= 0.3 is 5.97 Å². The smallest absolute Gasteiger partial charge is 0.374 e. The van der Waals surface area contributed by atoms with Crippen molar-refractivity contribution in [2.45, 2.75) is 0 Å². The molecule has 2 rings (SSSR count). The van der Waals surface area contributed by atoms with Crippen LogP contribution in [0.15, 0.2) is 28.9 Å². The zero-order valence-corrected chi connectivity index (χ0v) is 7.61. The van der Waals surface area contributed by atoms with Crippen molar-refractivity contribution in [3.8, 4) is 0 Å². The summed E-state index contributed by atoms with van der Waals surface area (Å²) in [5.41, 5.74) is 6.19. The van der Waals surface area contributed by atoms with Gasteiger partial charge in [-0.3, -0.25) is 0 Å². The number of benzene rings is 1. The Balaban J connectivity index is 2.67. The molecule has 0 saturated heterocycles. The van der Waals surface area contributed by atoms with E-state index in [0.717, 1.165) is 5.39 Å². The van der Waals surface area contributed by atoms with Crippen molar-refractivity contribution < 1.29 is 13.9 Å². The molecule has 0 atom stereocenters. The average Bonchev–Trinajstić information content (AvgIpc) is 2.59.